The first-order chi connectivity index (χ1) is 8.20. The zero-order valence-electron chi connectivity index (χ0n) is 10.1. The predicted octanol–water partition coefficient (Wildman–Crippen LogP) is 2.13. The second-order valence-corrected chi connectivity index (χ2v) is 5.44. The summed E-state index contributed by atoms with van der Waals surface area (Å²) in [6.07, 6.45) is 1.61. The van der Waals surface area contributed by atoms with Crippen LogP contribution in [0.2, 0.25) is 0 Å². The Balaban J connectivity index is 2.20. The molecule has 0 radical (unpaired) electrons. The van der Waals surface area contributed by atoms with E-state index in [0.29, 0.717) is 0 Å². The van der Waals surface area contributed by atoms with Gasteiger partial charge in [-0.3, -0.25) is 0 Å². The Bertz CT molecular complexity index is 376. The van der Waals surface area contributed by atoms with Gasteiger partial charge in [0.15, 0.2) is 0 Å². The van der Waals surface area contributed by atoms with Crippen molar-refractivity contribution < 1.29 is 5.11 Å². The van der Waals surface area contributed by atoms with Gasteiger partial charge in [0.05, 0.1) is 6.10 Å². The standard InChI is InChI=1S/C13H19BrN2O/c1-15-9-10-2-3-11(14)8-13(10)16-6-4-12(17)5-7-16/h2-3,8,12,15,17H,4-7,9H2,1H3. The van der Waals surface area contributed by atoms with Crippen LogP contribution in [0.3, 0.4) is 0 Å². The van der Waals surface area contributed by atoms with Gasteiger partial charge in [-0.05, 0) is 37.6 Å². The maximum atomic E-state index is 9.55. The molecular weight excluding hydrogens is 280 g/mol. The number of aliphatic hydroxyl groups excluding tert-OH is 1. The summed E-state index contributed by atoms with van der Waals surface area (Å²) in [6, 6.07) is 6.40. The minimum atomic E-state index is -0.119. The topological polar surface area (TPSA) is 35.5 Å². The molecule has 4 heteroatoms. The van der Waals surface area contributed by atoms with Crippen molar-refractivity contribution in [2.75, 3.05) is 25.0 Å². The van der Waals surface area contributed by atoms with Gasteiger partial charge in [0, 0.05) is 29.8 Å². The van der Waals surface area contributed by atoms with Gasteiger partial charge in [-0.1, -0.05) is 22.0 Å². The third kappa shape index (κ3) is 3.21. The minimum absolute atomic E-state index is 0.119. The van der Waals surface area contributed by atoms with Crippen LogP contribution in [0.4, 0.5) is 5.69 Å². The highest BCUT2D eigenvalue weighted by Gasteiger charge is 2.19. The van der Waals surface area contributed by atoms with Crippen LogP contribution in [0.15, 0.2) is 22.7 Å². The Morgan fingerprint density at radius 3 is 2.76 bits per heavy atom. The zero-order valence-corrected chi connectivity index (χ0v) is 11.7. The van der Waals surface area contributed by atoms with E-state index in [4.69, 9.17) is 0 Å². The van der Waals surface area contributed by atoms with Crippen LogP contribution < -0.4 is 10.2 Å². The molecule has 0 aromatic heterocycles. The molecule has 94 valence electrons. The Hall–Kier alpha value is -0.580. The quantitative estimate of drug-likeness (QED) is 0.897. The fourth-order valence-electron chi connectivity index (χ4n) is 2.28. The largest absolute Gasteiger partial charge is 0.393 e. The highest BCUT2D eigenvalue weighted by molar-refractivity contribution is 9.10. The number of nitrogens with zero attached hydrogens (tertiary/aromatic N) is 1. The smallest absolute Gasteiger partial charge is 0.0574 e. The summed E-state index contributed by atoms with van der Waals surface area (Å²) in [6.45, 7) is 2.75. The number of hydrogen-bond acceptors (Lipinski definition) is 3. The summed E-state index contributed by atoms with van der Waals surface area (Å²) < 4.78 is 1.11. The molecule has 0 unspecified atom stereocenters. The van der Waals surface area contributed by atoms with Crippen LogP contribution in [0.1, 0.15) is 18.4 Å². The highest BCUT2D eigenvalue weighted by Crippen LogP contribution is 2.27. The summed E-state index contributed by atoms with van der Waals surface area (Å²) in [4.78, 5) is 2.37. The van der Waals surface area contributed by atoms with Gasteiger partial charge in [-0.2, -0.15) is 0 Å². The second kappa shape index (κ2) is 5.85. The van der Waals surface area contributed by atoms with E-state index in [1.165, 1.54) is 11.3 Å². The number of aliphatic hydroxyl groups is 1. The average molecular weight is 299 g/mol. The van der Waals surface area contributed by atoms with Gasteiger partial charge in [-0.15, -0.1) is 0 Å². The molecule has 0 spiro atoms. The van der Waals surface area contributed by atoms with E-state index in [1.54, 1.807) is 0 Å². The van der Waals surface area contributed by atoms with Crippen LogP contribution in [-0.2, 0) is 6.54 Å². The lowest BCUT2D eigenvalue weighted by Gasteiger charge is -2.33. The Morgan fingerprint density at radius 1 is 1.41 bits per heavy atom. The molecule has 1 aromatic rings. The molecule has 1 aliphatic rings. The first-order valence-electron chi connectivity index (χ1n) is 6.06. The number of nitrogens with one attached hydrogen (secondary N) is 1. The molecular formula is C13H19BrN2O. The Labute approximate surface area is 111 Å². The molecule has 1 heterocycles. The molecule has 1 aromatic carbocycles. The van der Waals surface area contributed by atoms with Crippen molar-refractivity contribution in [3.05, 3.63) is 28.2 Å². The van der Waals surface area contributed by atoms with Crippen LogP contribution in [0.5, 0.6) is 0 Å². The average Bonchev–Trinajstić information content (AvgIpc) is 2.33. The Morgan fingerprint density at radius 2 is 2.12 bits per heavy atom. The number of hydrogen-bond donors (Lipinski definition) is 2. The minimum Gasteiger partial charge on any atom is -0.393 e. The summed E-state index contributed by atoms with van der Waals surface area (Å²) >= 11 is 3.53. The molecule has 2 rings (SSSR count). The van der Waals surface area contributed by atoms with E-state index < -0.39 is 0 Å². The third-order valence-electron chi connectivity index (χ3n) is 3.22. The van der Waals surface area contributed by atoms with E-state index in [0.717, 1.165) is 36.9 Å². The lowest BCUT2D eigenvalue weighted by Crippen LogP contribution is -2.36. The Kier molecular flexibility index (Phi) is 4.42. The molecule has 0 bridgehead atoms. The SMILES string of the molecule is CNCc1ccc(Br)cc1N1CCC(O)CC1. The maximum Gasteiger partial charge on any atom is 0.0574 e. The van der Waals surface area contributed by atoms with Crippen molar-refractivity contribution in [3.63, 3.8) is 0 Å². The summed E-state index contributed by atoms with van der Waals surface area (Å²) in [7, 11) is 1.96. The van der Waals surface area contributed by atoms with Crippen molar-refractivity contribution in [1.82, 2.24) is 5.32 Å². The van der Waals surface area contributed by atoms with E-state index >= 15 is 0 Å². The molecule has 0 aliphatic carbocycles. The van der Waals surface area contributed by atoms with Gasteiger partial charge < -0.3 is 15.3 Å². The van der Waals surface area contributed by atoms with Gasteiger partial charge in [0.25, 0.3) is 0 Å². The summed E-state index contributed by atoms with van der Waals surface area (Å²) in [5, 5.41) is 12.8. The van der Waals surface area contributed by atoms with E-state index in [1.807, 2.05) is 7.05 Å². The first kappa shape index (κ1) is 12.9. The maximum absolute atomic E-state index is 9.55. The molecule has 1 fully saturated rings. The number of halogens is 1. The third-order valence-corrected chi connectivity index (χ3v) is 3.71. The monoisotopic (exact) mass is 298 g/mol. The van der Waals surface area contributed by atoms with Crippen molar-refractivity contribution in [2.24, 2.45) is 0 Å². The predicted molar refractivity (Wildman–Crippen MR) is 74.4 cm³/mol. The first-order valence-corrected chi connectivity index (χ1v) is 6.86. The number of rotatable bonds is 3. The fourth-order valence-corrected chi connectivity index (χ4v) is 2.63. The fraction of sp³-hybridized carbons (Fsp3) is 0.538. The van der Waals surface area contributed by atoms with Gasteiger partial charge in [-0.25, -0.2) is 0 Å². The number of benzene rings is 1. The summed E-state index contributed by atoms with van der Waals surface area (Å²) in [5.41, 5.74) is 2.59. The van der Waals surface area contributed by atoms with Crippen molar-refractivity contribution in [2.45, 2.75) is 25.5 Å². The van der Waals surface area contributed by atoms with Crippen molar-refractivity contribution in [3.8, 4) is 0 Å². The molecule has 0 saturated carbocycles. The second-order valence-electron chi connectivity index (χ2n) is 4.52. The van der Waals surface area contributed by atoms with Crippen LogP contribution in [-0.4, -0.2) is 31.3 Å². The number of piperidine rings is 1. The zero-order chi connectivity index (χ0) is 12.3. The van der Waals surface area contributed by atoms with Gasteiger partial charge in [0.2, 0.25) is 0 Å². The number of anilines is 1. The van der Waals surface area contributed by atoms with E-state index in [2.05, 4.69) is 44.3 Å². The molecule has 0 amide bonds. The van der Waals surface area contributed by atoms with Crippen LogP contribution >= 0.6 is 15.9 Å². The van der Waals surface area contributed by atoms with E-state index in [9.17, 15) is 5.11 Å². The molecule has 0 atom stereocenters. The van der Waals surface area contributed by atoms with Crippen molar-refractivity contribution in [1.29, 1.82) is 0 Å². The lowest BCUT2D eigenvalue weighted by molar-refractivity contribution is 0.145. The highest BCUT2D eigenvalue weighted by atomic mass is 79.9. The van der Waals surface area contributed by atoms with Gasteiger partial charge >= 0.3 is 0 Å². The van der Waals surface area contributed by atoms with Crippen molar-refractivity contribution >= 4 is 21.6 Å². The normalized spacial score (nSPS) is 17.5. The van der Waals surface area contributed by atoms with E-state index in [-0.39, 0.29) is 6.10 Å². The van der Waals surface area contributed by atoms with Gasteiger partial charge in [0.1, 0.15) is 0 Å². The lowest BCUT2D eigenvalue weighted by atomic mass is 10.1. The molecule has 17 heavy (non-hydrogen) atoms. The molecule has 1 aliphatic heterocycles. The van der Waals surface area contributed by atoms with Crippen LogP contribution in [0, 0.1) is 0 Å². The molecule has 1 saturated heterocycles. The molecule has 2 N–H and O–H groups in total. The summed E-state index contributed by atoms with van der Waals surface area (Å²) in [5.74, 6) is 0. The molecule has 3 nitrogen and oxygen atoms in total. The van der Waals surface area contributed by atoms with Crippen LogP contribution in [0.25, 0.3) is 0 Å².